The summed E-state index contributed by atoms with van der Waals surface area (Å²) in [5, 5.41) is 5.15. The van der Waals surface area contributed by atoms with Crippen LogP contribution >= 0.6 is 19.0 Å². The van der Waals surface area contributed by atoms with Gasteiger partial charge in [-0.05, 0) is 42.7 Å². The van der Waals surface area contributed by atoms with E-state index in [2.05, 4.69) is 139 Å². The van der Waals surface area contributed by atoms with Crippen LogP contribution in [-0.2, 0) is 7.05 Å². The summed E-state index contributed by atoms with van der Waals surface area (Å²) in [4.78, 5) is 5.44. The molecule has 0 aliphatic carbocycles. The highest BCUT2D eigenvalue weighted by Crippen LogP contribution is 2.55. The smallest absolute Gasteiger partial charge is 0.230 e. The second-order valence-electron chi connectivity index (χ2n) is 7.87. The summed E-state index contributed by atoms with van der Waals surface area (Å²) < 4.78 is 2.26. The second-order valence-corrected chi connectivity index (χ2v) is 12.0. The quantitative estimate of drug-likeness (QED) is 0.171. The predicted molar refractivity (Wildman–Crippen MR) is 145 cm³/mol. The van der Waals surface area contributed by atoms with E-state index >= 15 is 0 Å². The molecule has 5 rings (SSSR count). The fraction of sp³-hybridized carbons (Fsp3) is 0.0690. The second kappa shape index (κ2) is 10.9. The van der Waals surface area contributed by atoms with Crippen LogP contribution < -0.4 is 45.3 Å². The summed E-state index contributed by atoms with van der Waals surface area (Å²) in [5.74, 6) is 1.00. The van der Waals surface area contributed by atoms with Crippen LogP contribution in [0.2, 0.25) is 0 Å². The molecule has 0 bridgehead atoms. The molecule has 0 spiro atoms. The highest BCUT2D eigenvalue weighted by Gasteiger charge is 2.52. The molecule has 0 saturated carbocycles. The van der Waals surface area contributed by atoms with Gasteiger partial charge in [-0.2, -0.15) is 4.98 Å². The number of halogens is 1. The molecule has 1 aromatic heterocycles. The number of benzene rings is 4. The molecule has 0 unspecified atom stereocenters. The van der Waals surface area contributed by atoms with Gasteiger partial charge in [0.25, 0.3) is 0 Å². The highest BCUT2D eigenvalue weighted by atomic mass is 127. The third-order valence-electron chi connectivity index (χ3n) is 6.00. The van der Waals surface area contributed by atoms with E-state index in [-0.39, 0.29) is 24.0 Å². The maximum Gasteiger partial charge on any atom is 0.230 e. The Morgan fingerprint density at radius 2 is 1.00 bits per heavy atom. The number of rotatable bonds is 6. The van der Waals surface area contributed by atoms with Gasteiger partial charge in [-0.15, -0.1) is 11.8 Å². The lowest BCUT2D eigenvalue weighted by Crippen LogP contribution is -3.00. The van der Waals surface area contributed by atoms with E-state index in [9.17, 15) is 0 Å². The van der Waals surface area contributed by atoms with Crippen molar-refractivity contribution in [2.75, 3.05) is 6.26 Å². The standard InChI is InChI=1S/C29H26N2PS.HI/c1-31-27(23-15-7-3-8-16-23)30-28(29(31)33-2)32(24-17-9-4-10-18-24,25-19-11-5-12-20-25)26-21-13-6-14-22-26;/h3-22H,1-2H3;1H/q+1;/p-1. The molecule has 2 nitrogen and oxygen atoms in total. The molecule has 0 fully saturated rings. The average Bonchev–Trinajstić information content (AvgIpc) is 3.23. The topological polar surface area (TPSA) is 17.8 Å². The van der Waals surface area contributed by atoms with Crippen molar-refractivity contribution in [2.24, 2.45) is 7.05 Å². The van der Waals surface area contributed by atoms with Gasteiger partial charge in [0, 0.05) is 12.6 Å². The number of imidazole rings is 1. The third-order valence-corrected chi connectivity index (χ3v) is 11.2. The van der Waals surface area contributed by atoms with Gasteiger partial charge in [0.15, 0.2) is 7.26 Å². The normalized spacial score (nSPS) is 11.1. The van der Waals surface area contributed by atoms with Crippen LogP contribution in [0.1, 0.15) is 0 Å². The molecule has 0 amide bonds. The van der Waals surface area contributed by atoms with Crippen molar-refractivity contribution in [1.82, 2.24) is 9.55 Å². The first-order valence-corrected chi connectivity index (χ1v) is 14.0. The van der Waals surface area contributed by atoms with Crippen LogP contribution in [0.5, 0.6) is 0 Å². The van der Waals surface area contributed by atoms with Crippen LogP contribution in [-0.4, -0.2) is 15.8 Å². The Kier molecular flexibility index (Phi) is 7.92. The minimum absolute atomic E-state index is 0. The lowest BCUT2D eigenvalue weighted by atomic mass is 10.2. The van der Waals surface area contributed by atoms with Crippen molar-refractivity contribution in [1.29, 1.82) is 0 Å². The van der Waals surface area contributed by atoms with E-state index in [0.29, 0.717) is 0 Å². The Bertz CT molecular complexity index is 1240. The number of nitrogens with zero attached hydrogens (tertiary/aromatic N) is 2. The summed E-state index contributed by atoms with van der Waals surface area (Å²) in [5.41, 5.74) is 2.30. The Balaban J connectivity index is 0.00000274. The molecular formula is C29H26IN2PS. The molecule has 0 atom stereocenters. The first kappa shape index (κ1) is 24.7. The predicted octanol–water partition coefficient (Wildman–Crippen LogP) is 2.43. The largest absolute Gasteiger partial charge is 1.00 e. The van der Waals surface area contributed by atoms with E-state index < -0.39 is 7.26 Å². The molecule has 5 heteroatoms. The van der Waals surface area contributed by atoms with Crippen molar-refractivity contribution >= 4 is 40.4 Å². The lowest BCUT2D eigenvalue weighted by molar-refractivity contribution is -0.00000647. The van der Waals surface area contributed by atoms with Crippen molar-refractivity contribution in [3.63, 3.8) is 0 Å². The Morgan fingerprint density at radius 1 is 0.618 bits per heavy atom. The summed E-state index contributed by atoms with van der Waals surface area (Å²) in [6.45, 7) is 0. The Labute approximate surface area is 223 Å². The average molecular weight is 592 g/mol. The Hall–Kier alpha value is -2.40. The van der Waals surface area contributed by atoms with Crippen LogP contribution in [0.3, 0.4) is 0 Å². The molecule has 5 aromatic rings. The van der Waals surface area contributed by atoms with Crippen LogP contribution in [0.4, 0.5) is 0 Å². The van der Waals surface area contributed by atoms with Crippen molar-refractivity contribution in [3.05, 3.63) is 121 Å². The fourth-order valence-electron chi connectivity index (χ4n) is 4.53. The number of aromatic nitrogens is 2. The number of thioether (sulfide) groups is 1. The molecule has 34 heavy (non-hydrogen) atoms. The molecular weight excluding hydrogens is 566 g/mol. The first-order chi connectivity index (χ1) is 16.3. The van der Waals surface area contributed by atoms with E-state index in [1.54, 1.807) is 11.8 Å². The van der Waals surface area contributed by atoms with Gasteiger partial charge >= 0.3 is 0 Å². The minimum atomic E-state index is -2.24. The number of hydrogen-bond donors (Lipinski definition) is 0. The van der Waals surface area contributed by atoms with Crippen molar-refractivity contribution < 1.29 is 24.0 Å². The molecule has 1 heterocycles. The molecule has 0 aliphatic rings. The molecule has 170 valence electrons. The van der Waals surface area contributed by atoms with Gasteiger partial charge in [0.2, 0.25) is 5.44 Å². The van der Waals surface area contributed by atoms with Gasteiger partial charge < -0.3 is 28.5 Å². The molecule has 0 radical (unpaired) electrons. The maximum atomic E-state index is 5.44. The molecule has 0 saturated heterocycles. The van der Waals surface area contributed by atoms with Gasteiger partial charge in [-0.1, -0.05) is 84.9 Å². The van der Waals surface area contributed by atoms with Gasteiger partial charge in [-0.3, -0.25) is 0 Å². The van der Waals surface area contributed by atoms with Gasteiger partial charge in [-0.25, -0.2) is 0 Å². The summed E-state index contributed by atoms with van der Waals surface area (Å²) in [6.07, 6.45) is 2.16. The van der Waals surface area contributed by atoms with Crippen LogP contribution in [0, 0.1) is 0 Å². The van der Waals surface area contributed by atoms with Crippen molar-refractivity contribution in [3.8, 4) is 11.4 Å². The zero-order chi connectivity index (χ0) is 22.7. The van der Waals surface area contributed by atoms with Crippen molar-refractivity contribution in [2.45, 2.75) is 5.03 Å². The lowest BCUT2D eigenvalue weighted by Gasteiger charge is -2.26. The number of hydrogen-bond acceptors (Lipinski definition) is 2. The monoisotopic (exact) mass is 592 g/mol. The first-order valence-electron chi connectivity index (χ1n) is 11.0. The van der Waals surface area contributed by atoms with E-state index in [1.807, 2.05) is 0 Å². The van der Waals surface area contributed by atoms with Gasteiger partial charge in [0.05, 0.1) is 0 Å². The maximum absolute atomic E-state index is 5.44. The third kappa shape index (κ3) is 4.24. The SMILES string of the molecule is CSc1c([P+](c2ccccc2)(c2ccccc2)c2ccccc2)nc(-c2ccccc2)n1C.[I-]. The van der Waals surface area contributed by atoms with E-state index in [4.69, 9.17) is 4.98 Å². The summed E-state index contributed by atoms with van der Waals surface area (Å²) >= 11 is 1.78. The summed E-state index contributed by atoms with van der Waals surface area (Å²) in [7, 11) is -0.0999. The van der Waals surface area contributed by atoms with Crippen LogP contribution in [0.15, 0.2) is 126 Å². The van der Waals surface area contributed by atoms with E-state index in [1.165, 1.54) is 26.4 Å². The zero-order valence-electron chi connectivity index (χ0n) is 19.2. The van der Waals surface area contributed by atoms with Gasteiger partial charge in [0.1, 0.15) is 26.8 Å². The highest BCUT2D eigenvalue weighted by molar-refractivity contribution is 8.04. The zero-order valence-corrected chi connectivity index (χ0v) is 23.0. The summed E-state index contributed by atoms with van der Waals surface area (Å²) in [6, 6.07) is 43.3. The fourth-order valence-corrected chi connectivity index (χ4v) is 9.97. The molecule has 0 N–H and O–H groups in total. The Morgan fingerprint density at radius 3 is 1.38 bits per heavy atom. The van der Waals surface area contributed by atoms with Crippen LogP contribution in [0.25, 0.3) is 11.4 Å². The molecule has 4 aromatic carbocycles. The van der Waals surface area contributed by atoms with E-state index in [0.717, 1.165) is 11.4 Å². The molecule has 0 aliphatic heterocycles. The minimum Gasteiger partial charge on any atom is -1.00 e.